The van der Waals surface area contributed by atoms with Crippen LogP contribution in [0, 0.1) is 17.8 Å². The SMILES string of the molecule is COc1ccc(C[C@H]2NC(=O)/C=C/C[C@@H]([C@H](C)/C=C/c3cccnc3)OC(=O)[C@H](CC(C)C)OC(=O)[C@H](C)CNC2=O)cc1Cl. The number of carbonyl (C=O) groups excluding carboxylic acids is 4. The molecule has 3 rings (SSSR count). The van der Waals surface area contributed by atoms with Gasteiger partial charge < -0.3 is 24.8 Å². The molecule has 2 aromatic rings. The van der Waals surface area contributed by atoms with Gasteiger partial charge in [0, 0.05) is 37.7 Å². The van der Waals surface area contributed by atoms with Gasteiger partial charge in [-0.3, -0.25) is 19.4 Å². The standard InChI is InChI=1S/C34H42ClN3O7/c1-21(2)16-30-34(42)44-28(22(3)11-12-24-8-7-15-36-20-24)9-6-10-31(39)38-27(32(40)37-19-23(4)33(41)45-30)18-25-13-14-29(43-5)26(35)17-25/h6-8,10-15,17,20-23,27-28,30H,9,16,18-19H2,1-5H3,(H,37,40)(H,38,39)/b10-6+,12-11+/t22-,23-,27-,28+,30+/m1/s1. The molecule has 1 aromatic heterocycles. The molecule has 0 unspecified atom stereocenters. The van der Waals surface area contributed by atoms with E-state index in [0.29, 0.717) is 16.3 Å². The van der Waals surface area contributed by atoms with Crippen LogP contribution in [0.15, 0.2) is 61.0 Å². The lowest BCUT2D eigenvalue weighted by Crippen LogP contribution is -2.49. The van der Waals surface area contributed by atoms with Crippen LogP contribution in [-0.4, -0.2) is 60.6 Å². The van der Waals surface area contributed by atoms with E-state index < -0.39 is 47.9 Å². The number of nitrogens with one attached hydrogen (secondary N) is 2. The lowest BCUT2D eigenvalue weighted by atomic mass is 9.99. The van der Waals surface area contributed by atoms with Crippen molar-refractivity contribution in [2.75, 3.05) is 13.7 Å². The molecule has 1 aliphatic rings. The molecule has 45 heavy (non-hydrogen) atoms. The largest absolute Gasteiger partial charge is 0.495 e. The fourth-order valence-electron chi connectivity index (χ4n) is 4.60. The molecule has 0 fully saturated rings. The Kier molecular flexibility index (Phi) is 13.6. The minimum absolute atomic E-state index is 0.0353. The fourth-order valence-corrected chi connectivity index (χ4v) is 4.88. The van der Waals surface area contributed by atoms with E-state index in [1.807, 2.05) is 45.1 Å². The molecule has 0 radical (unpaired) electrons. The summed E-state index contributed by atoms with van der Waals surface area (Å²) in [5.41, 5.74) is 1.58. The van der Waals surface area contributed by atoms with Crippen LogP contribution in [-0.2, 0) is 35.1 Å². The van der Waals surface area contributed by atoms with E-state index in [2.05, 4.69) is 15.6 Å². The van der Waals surface area contributed by atoms with Crippen molar-refractivity contribution < 1.29 is 33.4 Å². The Morgan fingerprint density at radius 2 is 1.89 bits per heavy atom. The number of esters is 2. The second-order valence-electron chi connectivity index (χ2n) is 11.6. The molecular weight excluding hydrogens is 598 g/mol. The number of pyridine rings is 1. The zero-order valence-corrected chi connectivity index (χ0v) is 27.1. The molecule has 2 N–H and O–H groups in total. The zero-order valence-electron chi connectivity index (χ0n) is 26.3. The van der Waals surface area contributed by atoms with E-state index in [1.165, 1.54) is 13.2 Å². The lowest BCUT2D eigenvalue weighted by Gasteiger charge is -2.26. The van der Waals surface area contributed by atoms with Crippen molar-refractivity contribution in [1.82, 2.24) is 15.6 Å². The van der Waals surface area contributed by atoms with Crippen molar-refractivity contribution in [2.45, 2.75) is 65.2 Å². The summed E-state index contributed by atoms with van der Waals surface area (Å²) in [5.74, 6) is -2.82. The maximum atomic E-state index is 13.4. The summed E-state index contributed by atoms with van der Waals surface area (Å²) in [7, 11) is 1.50. The molecular formula is C34H42ClN3O7. The van der Waals surface area contributed by atoms with Crippen LogP contribution in [0.2, 0.25) is 5.02 Å². The van der Waals surface area contributed by atoms with E-state index in [4.69, 9.17) is 25.8 Å². The first-order chi connectivity index (χ1) is 21.5. The van der Waals surface area contributed by atoms with Gasteiger partial charge in [0.25, 0.3) is 0 Å². The molecule has 1 aromatic carbocycles. The number of hydrogen-bond acceptors (Lipinski definition) is 8. The molecule has 0 saturated heterocycles. The summed E-state index contributed by atoms with van der Waals surface area (Å²) < 4.78 is 16.8. The minimum atomic E-state index is -1.12. The Labute approximate surface area is 269 Å². The van der Waals surface area contributed by atoms with E-state index in [9.17, 15) is 19.2 Å². The highest BCUT2D eigenvalue weighted by atomic mass is 35.5. The molecule has 2 heterocycles. The zero-order chi connectivity index (χ0) is 32.9. The first kappa shape index (κ1) is 35.3. The second kappa shape index (κ2) is 17.3. The van der Waals surface area contributed by atoms with Crippen LogP contribution < -0.4 is 15.4 Å². The summed E-state index contributed by atoms with van der Waals surface area (Å²) in [5, 5.41) is 5.84. The normalized spacial score (nSPS) is 23.5. The maximum Gasteiger partial charge on any atom is 0.347 e. The van der Waals surface area contributed by atoms with Crippen molar-refractivity contribution in [1.29, 1.82) is 0 Å². The lowest BCUT2D eigenvalue weighted by molar-refractivity contribution is -0.175. The van der Waals surface area contributed by atoms with Crippen LogP contribution in [0.1, 0.15) is 51.7 Å². The van der Waals surface area contributed by atoms with Gasteiger partial charge in [0.05, 0.1) is 18.1 Å². The van der Waals surface area contributed by atoms with E-state index in [-0.39, 0.29) is 37.6 Å². The van der Waals surface area contributed by atoms with Crippen molar-refractivity contribution in [3.8, 4) is 5.75 Å². The summed E-state index contributed by atoms with van der Waals surface area (Å²) in [6.45, 7) is 7.25. The summed E-state index contributed by atoms with van der Waals surface area (Å²) >= 11 is 6.29. The number of rotatable bonds is 8. The van der Waals surface area contributed by atoms with Gasteiger partial charge in [-0.1, -0.05) is 69.7 Å². The number of methoxy groups -OCH3 is 1. The Morgan fingerprint density at radius 3 is 2.56 bits per heavy atom. The topological polar surface area (TPSA) is 133 Å². The molecule has 0 spiro atoms. The number of amides is 2. The first-order valence-corrected chi connectivity index (χ1v) is 15.4. The van der Waals surface area contributed by atoms with Crippen molar-refractivity contribution in [3.05, 3.63) is 77.1 Å². The van der Waals surface area contributed by atoms with E-state index in [0.717, 1.165) is 5.56 Å². The van der Waals surface area contributed by atoms with Gasteiger partial charge in [0.15, 0.2) is 6.10 Å². The molecule has 0 bridgehead atoms. The van der Waals surface area contributed by atoms with Gasteiger partial charge in [-0.05, 0) is 47.7 Å². The summed E-state index contributed by atoms with van der Waals surface area (Å²) in [6.07, 6.45) is 8.88. The van der Waals surface area contributed by atoms with Gasteiger partial charge >= 0.3 is 11.9 Å². The number of carbonyl (C=O) groups is 4. The Bertz CT molecular complexity index is 1380. The van der Waals surface area contributed by atoms with Crippen LogP contribution in [0.5, 0.6) is 5.75 Å². The third-order valence-electron chi connectivity index (χ3n) is 7.25. The van der Waals surface area contributed by atoms with Crippen LogP contribution in [0.25, 0.3) is 6.08 Å². The quantitative estimate of drug-likeness (QED) is 0.397. The van der Waals surface area contributed by atoms with E-state index >= 15 is 0 Å². The fraction of sp³-hybridized carbons (Fsp3) is 0.441. The van der Waals surface area contributed by atoms with Crippen LogP contribution in [0.3, 0.4) is 0 Å². The number of hydrogen-bond donors (Lipinski definition) is 2. The molecule has 242 valence electrons. The molecule has 1 aliphatic heterocycles. The highest BCUT2D eigenvalue weighted by molar-refractivity contribution is 6.32. The minimum Gasteiger partial charge on any atom is -0.495 e. The Hall–Kier alpha value is -4.18. The van der Waals surface area contributed by atoms with Gasteiger partial charge in [0.1, 0.15) is 17.9 Å². The number of nitrogens with zero attached hydrogens (tertiary/aromatic N) is 1. The number of aromatic nitrogens is 1. The predicted octanol–water partition coefficient (Wildman–Crippen LogP) is 4.70. The molecule has 10 nitrogen and oxygen atoms in total. The highest BCUT2D eigenvalue weighted by Crippen LogP contribution is 2.26. The molecule has 2 amide bonds. The number of ether oxygens (including phenoxy) is 3. The average molecular weight is 640 g/mol. The predicted molar refractivity (Wildman–Crippen MR) is 171 cm³/mol. The Balaban J connectivity index is 1.89. The maximum absolute atomic E-state index is 13.4. The summed E-state index contributed by atoms with van der Waals surface area (Å²) in [4.78, 5) is 56.8. The number of benzene rings is 1. The number of cyclic esters (lactones) is 2. The van der Waals surface area contributed by atoms with Gasteiger partial charge in [0.2, 0.25) is 11.8 Å². The second-order valence-corrected chi connectivity index (χ2v) is 12.0. The monoisotopic (exact) mass is 639 g/mol. The van der Waals surface area contributed by atoms with Crippen LogP contribution in [0.4, 0.5) is 0 Å². The smallest absolute Gasteiger partial charge is 0.347 e. The third kappa shape index (κ3) is 11.4. The van der Waals surface area contributed by atoms with Crippen LogP contribution >= 0.6 is 11.6 Å². The molecule has 0 aliphatic carbocycles. The first-order valence-electron chi connectivity index (χ1n) is 15.0. The molecule has 5 atom stereocenters. The number of halogens is 1. The summed E-state index contributed by atoms with van der Waals surface area (Å²) in [6, 6.07) is 7.86. The van der Waals surface area contributed by atoms with Crippen molar-refractivity contribution in [3.63, 3.8) is 0 Å². The van der Waals surface area contributed by atoms with Gasteiger partial charge in [-0.25, -0.2) is 4.79 Å². The highest BCUT2D eigenvalue weighted by Gasteiger charge is 2.31. The average Bonchev–Trinajstić information content (AvgIpc) is 3.01. The van der Waals surface area contributed by atoms with Crippen molar-refractivity contribution in [2.24, 2.45) is 17.8 Å². The van der Waals surface area contributed by atoms with Crippen molar-refractivity contribution >= 4 is 41.4 Å². The molecule has 11 heteroatoms. The van der Waals surface area contributed by atoms with E-state index in [1.54, 1.807) is 43.6 Å². The third-order valence-corrected chi connectivity index (χ3v) is 7.54. The van der Waals surface area contributed by atoms with Gasteiger partial charge in [-0.2, -0.15) is 0 Å². The Morgan fingerprint density at radius 1 is 1.11 bits per heavy atom. The van der Waals surface area contributed by atoms with Gasteiger partial charge in [-0.15, -0.1) is 0 Å². The molecule has 0 saturated carbocycles.